The molecule has 0 aliphatic rings. The van der Waals surface area contributed by atoms with Gasteiger partial charge in [-0.2, -0.15) is 0 Å². The Bertz CT molecular complexity index is 380. The van der Waals surface area contributed by atoms with Crippen molar-refractivity contribution < 1.29 is 4.74 Å². The quantitative estimate of drug-likeness (QED) is 0.473. The molecule has 0 aliphatic heterocycles. The Kier molecular flexibility index (Phi) is 4.45. The summed E-state index contributed by atoms with van der Waals surface area (Å²) in [6.07, 6.45) is 0. The van der Waals surface area contributed by atoms with Crippen LogP contribution < -0.4 is 4.74 Å². The molecular weight excluding hydrogens is 279 g/mol. The number of amidine groups is 1. The molecule has 0 bridgehead atoms. The van der Waals surface area contributed by atoms with E-state index in [0.717, 1.165) is 10.4 Å². The first kappa shape index (κ1) is 12.4. The Morgan fingerprint density at radius 1 is 1.47 bits per heavy atom. The van der Waals surface area contributed by atoms with Gasteiger partial charge in [-0.1, -0.05) is 0 Å². The molecule has 3 nitrogen and oxygen atoms in total. The average Bonchev–Trinajstić information content (AvgIpc) is 2.18. The van der Waals surface area contributed by atoms with Crippen molar-refractivity contribution in [3.8, 4) is 5.75 Å². The van der Waals surface area contributed by atoms with Gasteiger partial charge in [-0.15, -0.1) is 0 Å². The van der Waals surface area contributed by atoms with E-state index in [4.69, 9.17) is 16.3 Å². The van der Waals surface area contributed by atoms with E-state index in [1.807, 2.05) is 25.1 Å². The summed E-state index contributed by atoms with van der Waals surface area (Å²) in [4.78, 5) is 6.23. The van der Waals surface area contributed by atoms with Crippen LogP contribution in [-0.4, -0.2) is 46.9 Å². The van der Waals surface area contributed by atoms with E-state index in [0.29, 0.717) is 10.8 Å². The van der Waals surface area contributed by atoms with Crippen molar-refractivity contribution in [2.45, 2.75) is 0 Å². The average molecular weight is 291 g/mol. The number of benzene rings is 1. The standard InChI is InChI=1S/C10H12ClN2OSe/c1-13(2)10(15)12-7-4-5-9(14-3)8(11)6-7/h4-6H,1-3H3. The normalized spacial score (nSPS) is 11.3. The van der Waals surface area contributed by atoms with Crippen LogP contribution in [0.15, 0.2) is 23.2 Å². The maximum atomic E-state index is 5.97. The van der Waals surface area contributed by atoms with Crippen molar-refractivity contribution in [2.75, 3.05) is 21.2 Å². The second-order valence-electron chi connectivity index (χ2n) is 3.11. The Morgan fingerprint density at radius 3 is 2.60 bits per heavy atom. The Hall–Kier alpha value is -0.701. The number of methoxy groups -OCH3 is 1. The summed E-state index contributed by atoms with van der Waals surface area (Å²) in [5.41, 5.74) is 0.795. The van der Waals surface area contributed by atoms with Crippen LogP contribution in [0.25, 0.3) is 0 Å². The van der Waals surface area contributed by atoms with E-state index < -0.39 is 0 Å². The zero-order valence-electron chi connectivity index (χ0n) is 8.82. The Labute approximate surface area is 103 Å². The van der Waals surface area contributed by atoms with Gasteiger partial charge >= 0.3 is 103 Å². The Balaban J connectivity index is 2.98. The number of nitrogens with zero attached hydrogens (tertiary/aromatic N) is 2. The van der Waals surface area contributed by atoms with E-state index in [1.54, 1.807) is 19.2 Å². The van der Waals surface area contributed by atoms with Crippen molar-refractivity contribution in [1.82, 2.24) is 4.90 Å². The first-order valence-corrected chi connectivity index (χ1v) is 5.54. The van der Waals surface area contributed by atoms with Crippen LogP contribution in [0.5, 0.6) is 5.75 Å². The van der Waals surface area contributed by atoms with Crippen LogP contribution in [0.2, 0.25) is 5.02 Å². The van der Waals surface area contributed by atoms with Crippen LogP contribution in [0.4, 0.5) is 5.69 Å². The van der Waals surface area contributed by atoms with Gasteiger partial charge in [0.1, 0.15) is 0 Å². The number of hydrogen-bond acceptors (Lipinski definition) is 2. The van der Waals surface area contributed by atoms with Gasteiger partial charge in [0.15, 0.2) is 0 Å². The van der Waals surface area contributed by atoms with Gasteiger partial charge in [-0.25, -0.2) is 0 Å². The van der Waals surface area contributed by atoms with Crippen molar-refractivity contribution in [3.63, 3.8) is 0 Å². The van der Waals surface area contributed by atoms with E-state index in [1.165, 1.54) is 0 Å². The fraction of sp³-hybridized carbons (Fsp3) is 0.300. The minimum absolute atomic E-state index is 0.560. The molecule has 0 N–H and O–H groups in total. The van der Waals surface area contributed by atoms with Gasteiger partial charge in [0.05, 0.1) is 0 Å². The van der Waals surface area contributed by atoms with Crippen LogP contribution in [0, 0.1) is 0 Å². The molecule has 0 unspecified atom stereocenters. The predicted molar refractivity (Wildman–Crippen MR) is 64.5 cm³/mol. The summed E-state index contributed by atoms with van der Waals surface area (Å²) in [6.45, 7) is 0. The van der Waals surface area contributed by atoms with Gasteiger partial charge in [-0.3, -0.25) is 0 Å². The van der Waals surface area contributed by atoms with Crippen molar-refractivity contribution in [1.29, 1.82) is 0 Å². The van der Waals surface area contributed by atoms with E-state index >= 15 is 0 Å². The summed E-state index contributed by atoms with van der Waals surface area (Å²) >= 11 is 8.85. The van der Waals surface area contributed by atoms with E-state index in [-0.39, 0.29) is 0 Å². The van der Waals surface area contributed by atoms with Crippen LogP contribution in [-0.2, 0) is 0 Å². The molecule has 5 heteroatoms. The zero-order chi connectivity index (χ0) is 11.4. The first-order chi connectivity index (χ1) is 7.04. The van der Waals surface area contributed by atoms with Crippen molar-refractivity contribution >= 4 is 38.0 Å². The van der Waals surface area contributed by atoms with Gasteiger partial charge in [0.25, 0.3) is 0 Å². The molecule has 0 aliphatic carbocycles. The Morgan fingerprint density at radius 2 is 2.13 bits per heavy atom. The number of ether oxygens (including phenoxy) is 1. The number of hydrogen-bond donors (Lipinski definition) is 0. The molecule has 0 spiro atoms. The minimum atomic E-state index is 0.560. The molecule has 1 radical (unpaired) electrons. The molecular formula is C10H12ClN2OSe. The molecule has 0 fully saturated rings. The molecule has 15 heavy (non-hydrogen) atoms. The van der Waals surface area contributed by atoms with Crippen LogP contribution in [0.1, 0.15) is 0 Å². The summed E-state index contributed by atoms with van der Waals surface area (Å²) in [5, 5.41) is 0.560. The second-order valence-corrected chi connectivity index (χ2v) is 4.28. The van der Waals surface area contributed by atoms with Crippen LogP contribution in [0.3, 0.4) is 0 Å². The molecule has 1 rings (SSSR count). The van der Waals surface area contributed by atoms with Crippen molar-refractivity contribution in [3.05, 3.63) is 23.2 Å². The molecule has 81 valence electrons. The third kappa shape index (κ3) is 3.41. The third-order valence-corrected chi connectivity index (χ3v) is 3.00. The SMILES string of the molecule is COc1ccc(N=C([Se])N(C)C)cc1Cl. The fourth-order valence-electron chi connectivity index (χ4n) is 0.935. The van der Waals surface area contributed by atoms with E-state index in [2.05, 4.69) is 21.0 Å². The van der Waals surface area contributed by atoms with Gasteiger partial charge in [-0.05, 0) is 0 Å². The van der Waals surface area contributed by atoms with Gasteiger partial charge < -0.3 is 0 Å². The fourth-order valence-corrected chi connectivity index (χ4v) is 1.41. The first-order valence-electron chi connectivity index (χ1n) is 4.31. The van der Waals surface area contributed by atoms with E-state index in [9.17, 15) is 0 Å². The molecule has 1 aromatic carbocycles. The van der Waals surface area contributed by atoms with Crippen molar-refractivity contribution in [2.24, 2.45) is 4.99 Å². The summed E-state index contributed by atoms with van der Waals surface area (Å²) in [7, 11) is 5.42. The summed E-state index contributed by atoms with van der Waals surface area (Å²) in [6, 6.07) is 5.41. The molecule has 0 aromatic heterocycles. The number of rotatable bonds is 2. The second kappa shape index (κ2) is 5.40. The number of halogens is 1. The van der Waals surface area contributed by atoms with Gasteiger partial charge in [0.2, 0.25) is 0 Å². The zero-order valence-corrected chi connectivity index (χ0v) is 11.3. The maximum absolute atomic E-state index is 5.97. The van der Waals surface area contributed by atoms with Crippen LogP contribution >= 0.6 is 11.6 Å². The molecule has 0 saturated carbocycles. The summed E-state index contributed by atoms with van der Waals surface area (Å²) in [5.74, 6) is 0.655. The molecule has 0 amide bonds. The van der Waals surface area contributed by atoms with Gasteiger partial charge in [0, 0.05) is 0 Å². The molecule has 1 aromatic rings. The summed E-state index contributed by atoms with van der Waals surface area (Å²) < 4.78 is 5.86. The molecule has 0 heterocycles. The number of aliphatic imine (C=N–C) groups is 1. The predicted octanol–water partition coefficient (Wildman–Crippen LogP) is 2.07. The monoisotopic (exact) mass is 291 g/mol. The third-order valence-electron chi connectivity index (χ3n) is 1.74. The topological polar surface area (TPSA) is 24.8 Å². The molecule has 0 atom stereocenters. The molecule has 0 saturated heterocycles.